The molecule has 9 nitrogen and oxygen atoms in total. The molecule has 0 spiro atoms. The fourth-order valence-electron chi connectivity index (χ4n) is 3.51. The fourth-order valence-corrected chi connectivity index (χ4v) is 5.52. The van der Waals surface area contributed by atoms with E-state index >= 15 is 0 Å². The largest absolute Gasteiger partial charge is 0.378 e. The summed E-state index contributed by atoms with van der Waals surface area (Å²) in [4.78, 5) is 23.2. The topological polar surface area (TPSA) is 88.5 Å². The number of benzene rings is 1. The van der Waals surface area contributed by atoms with E-state index in [-0.39, 0.29) is 0 Å². The summed E-state index contributed by atoms with van der Waals surface area (Å²) in [6.07, 6.45) is 0. The van der Waals surface area contributed by atoms with Gasteiger partial charge in [-0.05, 0) is 24.0 Å². The molecule has 5 rings (SSSR count). The van der Waals surface area contributed by atoms with Crippen molar-refractivity contribution in [2.45, 2.75) is 11.3 Å². The number of thioether (sulfide) groups is 1. The van der Waals surface area contributed by atoms with Gasteiger partial charge in [0, 0.05) is 31.9 Å². The molecule has 2 aliphatic rings. The van der Waals surface area contributed by atoms with E-state index in [1.54, 1.807) is 23.1 Å². The number of rotatable bonds is 6. The van der Waals surface area contributed by atoms with Gasteiger partial charge in [-0.15, -0.1) is 11.3 Å². The highest BCUT2D eigenvalue weighted by atomic mass is 32.2. The minimum Gasteiger partial charge on any atom is -0.378 e. The second-order valence-electron chi connectivity index (χ2n) is 7.18. The lowest BCUT2D eigenvalue weighted by atomic mass is 10.3. The van der Waals surface area contributed by atoms with E-state index in [1.165, 1.54) is 0 Å². The van der Waals surface area contributed by atoms with Crippen LogP contribution in [0.5, 0.6) is 0 Å². The first-order valence-electron chi connectivity index (χ1n) is 10.5. The Morgan fingerprint density at radius 2 is 1.58 bits per heavy atom. The summed E-state index contributed by atoms with van der Waals surface area (Å²) in [5.41, 5.74) is 1.96. The minimum atomic E-state index is 0.546. The third-order valence-corrected chi connectivity index (χ3v) is 7.14. The number of nitrogens with zero attached hydrogens (tertiary/aromatic N) is 6. The molecule has 1 aromatic carbocycles. The summed E-state index contributed by atoms with van der Waals surface area (Å²) in [6.45, 7) is 7.97. The van der Waals surface area contributed by atoms with Gasteiger partial charge in [0.2, 0.25) is 17.8 Å². The summed E-state index contributed by atoms with van der Waals surface area (Å²) in [5, 5.41) is 3.39. The summed E-state index contributed by atoms with van der Waals surface area (Å²) in [6, 6.07) is 6.18. The van der Waals surface area contributed by atoms with Gasteiger partial charge >= 0.3 is 0 Å². The smallest absolute Gasteiger partial charge is 0.233 e. The molecule has 3 aromatic rings. The normalized spacial score (nSPS) is 17.3. The van der Waals surface area contributed by atoms with Gasteiger partial charge < -0.3 is 24.6 Å². The lowest BCUT2D eigenvalue weighted by Gasteiger charge is -2.30. The average molecular weight is 460 g/mol. The molecule has 0 aliphatic carbocycles. The molecule has 31 heavy (non-hydrogen) atoms. The third kappa shape index (κ3) is 4.84. The van der Waals surface area contributed by atoms with E-state index in [4.69, 9.17) is 24.4 Å². The van der Waals surface area contributed by atoms with E-state index in [9.17, 15) is 0 Å². The van der Waals surface area contributed by atoms with Gasteiger partial charge in [-0.25, -0.2) is 4.98 Å². The van der Waals surface area contributed by atoms with Gasteiger partial charge in [-0.2, -0.15) is 15.0 Å². The van der Waals surface area contributed by atoms with Crippen LogP contribution in [0.15, 0.2) is 22.5 Å². The van der Waals surface area contributed by atoms with Crippen LogP contribution in [0.25, 0.3) is 10.2 Å². The zero-order valence-electron chi connectivity index (χ0n) is 17.4. The van der Waals surface area contributed by atoms with E-state index in [0.29, 0.717) is 44.3 Å². The lowest BCUT2D eigenvalue weighted by Crippen LogP contribution is -2.40. The molecule has 2 aliphatic heterocycles. The first kappa shape index (κ1) is 20.7. The van der Waals surface area contributed by atoms with Gasteiger partial charge in [-0.3, -0.25) is 0 Å². The summed E-state index contributed by atoms with van der Waals surface area (Å²) >= 11 is 3.48. The standard InChI is InChI=1S/C20H25N7O2S2/c1-2-30-20-22-15-4-3-14(13-16(15)31-20)21-17-23-18(26-5-9-28-10-6-26)25-19(24-17)27-7-11-29-12-8-27/h3-4,13H,2,5-12H2,1H3,(H,21,23,24,25). The van der Waals surface area contributed by atoms with Crippen molar-refractivity contribution in [1.82, 2.24) is 19.9 Å². The van der Waals surface area contributed by atoms with Crippen molar-refractivity contribution in [2.24, 2.45) is 0 Å². The Morgan fingerprint density at radius 1 is 0.935 bits per heavy atom. The van der Waals surface area contributed by atoms with Crippen LogP contribution in [-0.4, -0.2) is 78.3 Å². The summed E-state index contributed by atoms with van der Waals surface area (Å²) in [5.74, 6) is 2.93. The molecule has 2 fully saturated rings. The van der Waals surface area contributed by atoms with Gasteiger partial charge in [0.15, 0.2) is 4.34 Å². The minimum absolute atomic E-state index is 0.546. The van der Waals surface area contributed by atoms with Crippen molar-refractivity contribution in [3.63, 3.8) is 0 Å². The summed E-state index contributed by atoms with van der Waals surface area (Å²) < 4.78 is 13.2. The first-order chi connectivity index (χ1) is 15.3. The van der Waals surface area contributed by atoms with Crippen molar-refractivity contribution in [1.29, 1.82) is 0 Å². The van der Waals surface area contributed by atoms with Crippen LogP contribution >= 0.6 is 23.1 Å². The number of hydrogen-bond acceptors (Lipinski definition) is 11. The van der Waals surface area contributed by atoms with Crippen molar-refractivity contribution < 1.29 is 9.47 Å². The van der Waals surface area contributed by atoms with Gasteiger partial charge in [0.25, 0.3) is 0 Å². The second kappa shape index (κ2) is 9.51. The highest BCUT2D eigenvalue weighted by Gasteiger charge is 2.21. The molecule has 2 saturated heterocycles. The molecule has 11 heteroatoms. The SMILES string of the molecule is CCSc1nc2ccc(Nc3nc(N4CCOCC4)nc(N4CCOCC4)n3)cc2s1. The Hall–Kier alpha value is -2.21. The Kier molecular flexibility index (Phi) is 6.35. The van der Waals surface area contributed by atoms with Crippen LogP contribution in [-0.2, 0) is 9.47 Å². The van der Waals surface area contributed by atoms with Crippen LogP contribution in [0, 0.1) is 0 Å². The van der Waals surface area contributed by atoms with Gasteiger partial charge in [-0.1, -0.05) is 18.7 Å². The number of fused-ring (bicyclic) bond motifs is 1. The average Bonchev–Trinajstić information content (AvgIpc) is 3.22. The molecule has 0 bridgehead atoms. The van der Waals surface area contributed by atoms with E-state index in [0.717, 1.165) is 52.2 Å². The predicted molar refractivity (Wildman–Crippen MR) is 125 cm³/mol. The Bertz CT molecular complexity index is 999. The van der Waals surface area contributed by atoms with Crippen molar-refractivity contribution in [2.75, 3.05) is 73.5 Å². The molecular weight excluding hydrogens is 434 g/mol. The Balaban J connectivity index is 1.44. The van der Waals surface area contributed by atoms with Crippen LogP contribution in [0.2, 0.25) is 0 Å². The quantitative estimate of drug-likeness (QED) is 0.555. The predicted octanol–water partition coefficient (Wildman–Crippen LogP) is 3.01. The number of thiazole rings is 1. The molecule has 1 N–H and O–H groups in total. The number of anilines is 4. The molecule has 4 heterocycles. The molecule has 0 radical (unpaired) electrons. The van der Waals surface area contributed by atoms with Crippen molar-refractivity contribution >= 4 is 56.8 Å². The molecule has 0 saturated carbocycles. The zero-order chi connectivity index (χ0) is 21.0. The molecule has 0 unspecified atom stereocenters. The maximum atomic E-state index is 5.49. The highest BCUT2D eigenvalue weighted by Crippen LogP contribution is 2.32. The number of ether oxygens (including phenoxy) is 2. The maximum Gasteiger partial charge on any atom is 0.233 e. The first-order valence-corrected chi connectivity index (χ1v) is 12.3. The van der Waals surface area contributed by atoms with Crippen molar-refractivity contribution in [3.8, 4) is 0 Å². The fraction of sp³-hybridized carbons (Fsp3) is 0.500. The highest BCUT2D eigenvalue weighted by molar-refractivity contribution is 8.01. The third-order valence-electron chi connectivity index (χ3n) is 5.09. The zero-order valence-corrected chi connectivity index (χ0v) is 19.0. The van der Waals surface area contributed by atoms with Crippen LogP contribution in [0.4, 0.5) is 23.5 Å². The van der Waals surface area contributed by atoms with Crippen LogP contribution in [0.3, 0.4) is 0 Å². The number of aromatic nitrogens is 4. The monoisotopic (exact) mass is 459 g/mol. The summed E-state index contributed by atoms with van der Waals surface area (Å²) in [7, 11) is 0. The van der Waals surface area contributed by atoms with E-state index < -0.39 is 0 Å². The van der Waals surface area contributed by atoms with Gasteiger partial charge in [0.05, 0.1) is 36.6 Å². The molecule has 0 amide bonds. The number of morpholine rings is 2. The maximum absolute atomic E-state index is 5.49. The number of nitrogens with one attached hydrogen (secondary N) is 1. The van der Waals surface area contributed by atoms with E-state index in [1.807, 2.05) is 12.1 Å². The Labute approximate surface area is 189 Å². The van der Waals surface area contributed by atoms with Crippen LogP contribution in [0.1, 0.15) is 6.92 Å². The molecular formula is C20H25N7O2S2. The molecule has 2 aromatic heterocycles. The van der Waals surface area contributed by atoms with Crippen molar-refractivity contribution in [3.05, 3.63) is 18.2 Å². The number of hydrogen-bond donors (Lipinski definition) is 1. The van der Waals surface area contributed by atoms with E-state index in [2.05, 4.69) is 33.1 Å². The van der Waals surface area contributed by atoms with Gasteiger partial charge in [0.1, 0.15) is 0 Å². The molecule has 164 valence electrons. The lowest BCUT2D eigenvalue weighted by molar-refractivity contribution is 0.121. The Morgan fingerprint density at radius 3 is 2.19 bits per heavy atom. The molecule has 0 atom stereocenters. The second-order valence-corrected chi connectivity index (χ2v) is 9.72. The van der Waals surface area contributed by atoms with Crippen LogP contribution < -0.4 is 15.1 Å².